The first kappa shape index (κ1) is 20.1. The van der Waals surface area contributed by atoms with Gasteiger partial charge in [-0.2, -0.15) is 5.26 Å². The minimum Gasteiger partial charge on any atom is -0.380 e. The fourth-order valence-electron chi connectivity index (χ4n) is 3.77. The fraction of sp³-hybridized carbons (Fsp3) is 0.375. The van der Waals surface area contributed by atoms with Gasteiger partial charge in [0.1, 0.15) is 0 Å². The predicted octanol–water partition coefficient (Wildman–Crippen LogP) is 4.15. The van der Waals surface area contributed by atoms with Crippen molar-refractivity contribution in [2.75, 3.05) is 45.9 Å². The van der Waals surface area contributed by atoms with Crippen LogP contribution in [0.15, 0.2) is 53.9 Å². The van der Waals surface area contributed by atoms with Crippen LogP contribution < -0.4 is 0 Å². The predicted molar refractivity (Wildman–Crippen MR) is 119 cm³/mol. The van der Waals surface area contributed by atoms with Crippen LogP contribution in [0.2, 0.25) is 0 Å². The van der Waals surface area contributed by atoms with Gasteiger partial charge in [0.2, 0.25) is 0 Å². The Labute approximate surface area is 176 Å². The monoisotopic (exact) mass is 405 g/mol. The SMILES string of the molecule is N#Cc1ccc(CN2CCN(CCOCCc3ccc4sccc4c3)CC2)cc1. The van der Waals surface area contributed by atoms with Crippen LogP contribution in [0.5, 0.6) is 0 Å². The molecule has 4 rings (SSSR count). The van der Waals surface area contributed by atoms with Gasteiger partial charge < -0.3 is 4.74 Å². The zero-order valence-corrected chi connectivity index (χ0v) is 17.5. The van der Waals surface area contributed by atoms with E-state index in [1.807, 2.05) is 12.1 Å². The van der Waals surface area contributed by atoms with Gasteiger partial charge in [-0.25, -0.2) is 0 Å². The van der Waals surface area contributed by atoms with Gasteiger partial charge in [-0.05, 0) is 52.6 Å². The van der Waals surface area contributed by atoms with Crippen LogP contribution >= 0.6 is 11.3 Å². The van der Waals surface area contributed by atoms with Gasteiger partial charge in [-0.1, -0.05) is 24.3 Å². The summed E-state index contributed by atoms with van der Waals surface area (Å²) in [7, 11) is 0. The summed E-state index contributed by atoms with van der Waals surface area (Å²) in [6, 6.07) is 19.0. The van der Waals surface area contributed by atoms with Crippen molar-refractivity contribution in [1.82, 2.24) is 9.80 Å². The molecule has 4 nitrogen and oxygen atoms in total. The van der Waals surface area contributed by atoms with Crippen molar-refractivity contribution in [3.63, 3.8) is 0 Å². The lowest BCUT2D eigenvalue weighted by molar-refractivity contribution is 0.0747. The van der Waals surface area contributed by atoms with Gasteiger partial charge in [0.15, 0.2) is 0 Å². The molecule has 1 fully saturated rings. The molecule has 0 aliphatic carbocycles. The number of fused-ring (bicyclic) bond motifs is 1. The van der Waals surface area contributed by atoms with Crippen molar-refractivity contribution in [2.45, 2.75) is 13.0 Å². The molecule has 0 amide bonds. The molecule has 1 aliphatic heterocycles. The number of nitrogens with zero attached hydrogens (tertiary/aromatic N) is 3. The fourth-order valence-corrected chi connectivity index (χ4v) is 4.54. The summed E-state index contributed by atoms with van der Waals surface area (Å²) in [5.41, 5.74) is 3.36. The van der Waals surface area contributed by atoms with Crippen LogP contribution in [0.3, 0.4) is 0 Å². The number of thiophene rings is 1. The lowest BCUT2D eigenvalue weighted by Crippen LogP contribution is -2.46. The summed E-state index contributed by atoms with van der Waals surface area (Å²) in [6.07, 6.45) is 0.976. The van der Waals surface area contributed by atoms with E-state index in [2.05, 4.69) is 57.6 Å². The molecule has 0 unspecified atom stereocenters. The van der Waals surface area contributed by atoms with Gasteiger partial charge >= 0.3 is 0 Å². The molecule has 1 saturated heterocycles. The summed E-state index contributed by atoms with van der Waals surface area (Å²) < 4.78 is 7.25. The first-order valence-corrected chi connectivity index (χ1v) is 11.2. The van der Waals surface area contributed by atoms with E-state index in [1.54, 1.807) is 11.3 Å². The number of benzene rings is 2. The topological polar surface area (TPSA) is 39.5 Å². The Balaban J connectivity index is 1.11. The lowest BCUT2D eigenvalue weighted by Gasteiger charge is -2.34. The van der Waals surface area contributed by atoms with E-state index in [-0.39, 0.29) is 0 Å². The quantitative estimate of drug-likeness (QED) is 0.528. The minimum atomic E-state index is 0.727. The van der Waals surface area contributed by atoms with Gasteiger partial charge in [-0.15, -0.1) is 11.3 Å². The molecular formula is C24H27N3OS. The van der Waals surface area contributed by atoms with Crippen LogP contribution in [0, 0.1) is 11.3 Å². The molecule has 1 aliphatic rings. The lowest BCUT2D eigenvalue weighted by atomic mass is 10.1. The molecule has 29 heavy (non-hydrogen) atoms. The smallest absolute Gasteiger partial charge is 0.0991 e. The third kappa shape index (κ3) is 5.65. The Hall–Kier alpha value is -2.23. The molecule has 2 aromatic carbocycles. The van der Waals surface area contributed by atoms with E-state index in [0.717, 1.165) is 64.5 Å². The zero-order valence-electron chi connectivity index (χ0n) is 16.7. The molecule has 3 aromatic rings. The molecule has 0 radical (unpaired) electrons. The van der Waals surface area contributed by atoms with Crippen LogP contribution in [0.25, 0.3) is 10.1 Å². The molecule has 0 spiro atoms. The van der Waals surface area contributed by atoms with Crippen LogP contribution in [-0.4, -0.2) is 55.7 Å². The van der Waals surface area contributed by atoms with Crippen molar-refractivity contribution in [2.24, 2.45) is 0 Å². The summed E-state index contributed by atoms with van der Waals surface area (Å²) in [6.45, 7) is 7.91. The highest BCUT2D eigenvalue weighted by atomic mass is 32.1. The maximum absolute atomic E-state index is 8.90. The minimum absolute atomic E-state index is 0.727. The molecule has 2 heterocycles. The van der Waals surface area contributed by atoms with E-state index >= 15 is 0 Å². The summed E-state index contributed by atoms with van der Waals surface area (Å²) in [4.78, 5) is 4.98. The maximum atomic E-state index is 8.90. The van der Waals surface area contributed by atoms with E-state index in [9.17, 15) is 0 Å². The van der Waals surface area contributed by atoms with Crippen molar-refractivity contribution < 1.29 is 4.74 Å². The second-order valence-electron chi connectivity index (χ2n) is 7.58. The first-order chi connectivity index (χ1) is 14.3. The largest absolute Gasteiger partial charge is 0.380 e. The average Bonchev–Trinajstić information content (AvgIpc) is 3.23. The van der Waals surface area contributed by atoms with Gasteiger partial charge in [0.25, 0.3) is 0 Å². The van der Waals surface area contributed by atoms with Crippen molar-refractivity contribution in [3.8, 4) is 6.07 Å². The number of rotatable bonds is 8. The van der Waals surface area contributed by atoms with Crippen molar-refractivity contribution in [1.29, 1.82) is 5.26 Å². The highest BCUT2D eigenvalue weighted by Gasteiger charge is 2.16. The number of hydrogen-bond acceptors (Lipinski definition) is 5. The van der Waals surface area contributed by atoms with E-state index in [1.165, 1.54) is 21.2 Å². The van der Waals surface area contributed by atoms with Crippen molar-refractivity contribution >= 4 is 21.4 Å². The Kier molecular flexibility index (Phi) is 6.91. The molecule has 0 saturated carbocycles. The standard InChI is InChI=1S/C24H27N3OS/c25-18-21-1-3-22(4-2-21)19-27-11-9-26(10-12-27)13-15-28-14-7-20-5-6-24-23(17-20)8-16-29-24/h1-6,8,16-17H,7,9-15,19H2. The molecule has 0 N–H and O–H groups in total. The van der Waals surface area contributed by atoms with Gasteiger partial charge in [-0.3, -0.25) is 9.80 Å². The third-order valence-corrected chi connectivity index (χ3v) is 6.46. The number of ether oxygens (including phenoxy) is 1. The van der Waals surface area contributed by atoms with Crippen molar-refractivity contribution in [3.05, 3.63) is 70.6 Å². The zero-order chi connectivity index (χ0) is 19.9. The second-order valence-corrected chi connectivity index (χ2v) is 8.53. The Morgan fingerprint density at radius 1 is 0.897 bits per heavy atom. The average molecular weight is 406 g/mol. The normalized spacial score (nSPS) is 15.6. The third-order valence-electron chi connectivity index (χ3n) is 5.56. The summed E-state index contributed by atoms with van der Waals surface area (Å²) in [5, 5.41) is 12.4. The van der Waals surface area contributed by atoms with E-state index < -0.39 is 0 Å². The highest BCUT2D eigenvalue weighted by molar-refractivity contribution is 7.17. The molecule has 150 valence electrons. The second kappa shape index (κ2) is 10.00. The van der Waals surface area contributed by atoms with Crippen LogP contribution in [0.4, 0.5) is 0 Å². The number of hydrogen-bond donors (Lipinski definition) is 0. The van der Waals surface area contributed by atoms with Gasteiger partial charge in [0.05, 0.1) is 24.8 Å². The van der Waals surface area contributed by atoms with Crippen LogP contribution in [0.1, 0.15) is 16.7 Å². The molecular weight excluding hydrogens is 378 g/mol. The molecule has 0 bridgehead atoms. The Bertz CT molecular complexity index is 952. The van der Waals surface area contributed by atoms with Crippen LogP contribution in [-0.2, 0) is 17.7 Å². The van der Waals surface area contributed by atoms with Gasteiger partial charge in [0, 0.05) is 44.0 Å². The summed E-state index contributed by atoms with van der Waals surface area (Å²) >= 11 is 1.79. The molecule has 1 aromatic heterocycles. The van der Waals surface area contributed by atoms with E-state index in [0.29, 0.717) is 0 Å². The first-order valence-electron chi connectivity index (χ1n) is 10.3. The molecule has 5 heteroatoms. The highest BCUT2D eigenvalue weighted by Crippen LogP contribution is 2.21. The molecule has 0 atom stereocenters. The Morgan fingerprint density at radius 3 is 2.45 bits per heavy atom. The maximum Gasteiger partial charge on any atom is 0.0991 e. The van der Waals surface area contributed by atoms with E-state index in [4.69, 9.17) is 10.00 Å². The number of nitriles is 1. The number of piperazine rings is 1. The Morgan fingerprint density at radius 2 is 1.66 bits per heavy atom. The summed E-state index contributed by atoms with van der Waals surface area (Å²) in [5.74, 6) is 0.